The van der Waals surface area contributed by atoms with Crippen molar-refractivity contribution < 1.29 is 14.3 Å². The quantitative estimate of drug-likeness (QED) is 0.697. The highest BCUT2D eigenvalue weighted by Crippen LogP contribution is 2.24. The Morgan fingerprint density at radius 3 is 2.58 bits per heavy atom. The topological polar surface area (TPSA) is 70.7 Å². The maximum Gasteiger partial charge on any atom is 0.253 e. The molecule has 2 N–H and O–H groups in total. The van der Waals surface area contributed by atoms with E-state index in [4.69, 9.17) is 4.74 Å². The minimum Gasteiger partial charge on any atom is -0.383 e. The molecule has 2 amide bonds. The molecule has 6 heteroatoms. The SMILES string of the molecule is COCCNC(=O)c1ccccc1N1CCC(NC(=O)CC(C)C)CC1. The average Bonchev–Trinajstić information content (AvgIpc) is 2.62. The van der Waals surface area contributed by atoms with Crippen LogP contribution in [0.3, 0.4) is 0 Å². The number of carbonyl (C=O) groups is 2. The zero-order valence-corrected chi connectivity index (χ0v) is 16.1. The summed E-state index contributed by atoms with van der Waals surface area (Å²) in [5.41, 5.74) is 1.64. The van der Waals surface area contributed by atoms with Crippen molar-refractivity contribution in [1.82, 2.24) is 10.6 Å². The van der Waals surface area contributed by atoms with Crippen LogP contribution in [-0.4, -0.2) is 51.2 Å². The van der Waals surface area contributed by atoms with Gasteiger partial charge >= 0.3 is 0 Å². The molecule has 0 aliphatic carbocycles. The number of piperidine rings is 1. The molecule has 0 atom stereocenters. The molecule has 1 fully saturated rings. The number of hydrogen-bond donors (Lipinski definition) is 2. The van der Waals surface area contributed by atoms with Gasteiger partial charge < -0.3 is 20.3 Å². The van der Waals surface area contributed by atoms with Gasteiger partial charge in [-0.25, -0.2) is 0 Å². The van der Waals surface area contributed by atoms with Gasteiger partial charge in [-0.15, -0.1) is 0 Å². The Morgan fingerprint density at radius 1 is 1.23 bits per heavy atom. The lowest BCUT2D eigenvalue weighted by atomic mass is 10.0. The summed E-state index contributed by atoms with van der Waals surface area (Å²) >= 11 is 0. The first kappa shape index (κ1) is 20.2. The summed E-state index contributed by atoms with van der Waals surface area (Å²) in [6, 6.07) is 7.91. The number of anilines is 1. The summed E-state index contributed by atoms with van der Waals surface area (Å²) in [5.74, 6) is 0.431. The van der Waals surface area contributed by atoms with Gasteiger partial charge in [0.2, 0.25) is 5.91 Å². The lowest BCUT2D eigenvalue weighted by Gasteiger charge is -2.35. The van der Waals surface area contributed by atoms with Gasteiger partial charge in [-0.1, -0.05) is 26.0 Å². The molecular formula is C20H31N3O3. The van der Waals surface area contributed by atoms with E-state index in [-0.39, 0.29) is 17.9 Å². The van der Waals surface area contributed by atoms with Crippen molar-refractivity contribution in [3.63, 3.8) is 0 Å². The van der Waals surface area contributed by atoms with Gasteiger partial charge in [-0.05, 0) is 30.9 Å². The van der Waals surface area contributed by atoms with Gasteiger partial charge in [0.05, 0.1) is 12.2 Å². The van der Waals surface area contributed by atoms with Crippen LogP contribution in [0.5, 0.6) is 0 Å². The van der Waals surface area contributed by atoms with Crippen LogP contribution in [0.4, 0.5) is 5.69 Å². The molecule has 2 rings (SSSR count). The molecule has 1 saturated heterocycles. The number of nitrogens with zero attached hydrogens (tertiary/aromatic N) is 1. The van der Waals surface area contributed by atoms with Crippen molar-refractivity contribution in [2.75, 3.05) is 38.3 Å². The van der Waals surface area contributed by atoms with E-state index >= 15 is 0 Å². The van der Waals surface area contributed by atoms with Crippen LogP contribution in [0, 0.1) is 5.92 Å². The van der Waals surface area contributed by atoms with E-state index in [0.29, 0.717) is 31.1 Å². The standard InChI is InChI=1S/C20H31N3O3/c1-15(2)14-19(24)22-16-8-11-23(12-9-16)18-7-5-4-6-17(18)20(25)21-10-13-26-3/h4-7,15-16H,8-14H2,1-3H3,(H,21,25)(H,22,24). The number of carbonyl (C=O) groups excluding carboxylic acids is 2. The molecule has 26 heavy (non-hydrogen) atoms. The second-order valence-corrected chi connectivity index (χ2v) is 7.19. The molecular weight excluding hydrogens is 330 g/mol. The Balaban J connectivity index is 1.93. The van der Waals surface area contributed by atoms with Gasteiger partial charge in [0.25, 0.3) is 5.91 Å². The molecule has 0 radical (unpaired) electrons. The minimum absolute atomic E-state index is 0.0787. The number of benzene rings is 1. The van der Waals surface area contributed by atoms with Gasteiger partial charge in [-0.2, -0.15) is 0 Å². The molecule has 6 nitrogen and oxygen atoms in total. The van der Waals surface area contributed by atoms with E-state index < -0.39 is 0 Å². The number of ether oxygens (including phenoxy) is 1. The van der Waals surface area contributed by atoms with Gasteiger partial charge in [0, 0.05) is 44.9 Å². The minimum atomic E-state index is -0.0787. The number of amides is 2. The normalized spacial score (nSPS) is 15.2. The highest BCUT2D eigenvalue weighted by molar-refractivity contribution is 5.99. The molecule has 144 valence electrons. The lowest BCUT2D eigenvalue weighted by molar-refractivity contribution is -0.122. The van der Waals surface area contributed by atoms with Crippen molar-refractivity contribution in [3.8, 4) is 0 Å². The number of para-hydroxylation sites is 1. The number of hydrogen-bond acceptors (Lipinski definition) is 4. The van der Waals surface area contributed by atoms with E-state index in [1.165, 1.54) is 0 Å². The summed E-state index contributed by atoms with van der Waals surface area (Å²) in [6.45, 7) is 6.75. The predicted molar refractivity (Wildman–Crippen MR) is 103 cm³/mol. The molecule has 1 aromatic carbocycles. The van der Waals surface area contributed by atoms with Crippen LogP contribution < -0.4 is 15.5 Å². The van der Waals surface area contributed by atoms with Crippen molar-refractivity contribution in [2.45, 2.75) is 39.2 Å². The molecule has 1 aliphatic heterocycles. The summed E-state index contributed by atoms with van der Waals surface area (Å²) in [7, 11) is 1.62. The Bertz CT molecular complexity index is 596. The van der Waals surface area contributed by atoms with Gasteiger partial charge in [-0.3, -0.25) is 9.59 Å². The highest BCUT2D eigenvalue weighted by atomic mass is 16.5. The van der Waals surface area contributed by atoms with Crippen LogP contribution in [0.1, 0.15) is 43.5 Å². The first-order valence-corrected chi connectivity index (χ1v) is 9.41. The van der Waals surface area contributed by atoms with E-state index in [0.717, 1.165) is 31.6 Å². The third-order valence-corrected chi connectivity index (χ3v) is 4.53. The summed E-state index contributed by atoms with van der Waals surface area (Å²) in [6.07, 6.45) is 2.36. The first-order valence-electron chi connectivity index (χ1n) is 9.41. The zero-order valence-electron chi connectivity index (χ0n) is 16.1. The monoisotopic (exact) mass is 361 g/mol. The molecule has 0 spiro atoms. The molecule has 0 unspecified atom stereocenters. The van der Waals surface area contributed by atoms with E-state index in [1.54, 1.807) is 7.11 Å². The van der Waals surface area contributed by atoms with E-state index in [9.17, 15) is 9.59 Å². The average molecular weight is 361 g/mol. The number of rotatable bonds is 8. The second-order valence-electron chi connectivity index (χ2n) is 7.19. The predicted octanol–water partition coefficient (Wildman–Crippen LogP) is 2.19. The smallest absolute Gasteiger partial charge is 0.253 e. The van der Waals surface area contributed by atoms with Crippen molar-refractivity contribution in [3.05, 3.63) is 29.8 Å². The molecule has 0 aromatic heterocycles. The lowest BCUT2D eigenvalue weighted by Crippen LogP contribution is -2.45. The van der Waals surface area contributed by atoms with Crippen LogP contribution in [0.2, 0.25) is 0 Å². The summed E-state index contributed by atoms with van der Waals surface area (Å²) < 4.78 is 4.98. The second kappa shape index (κ2) is 10.2. The van der Waals surface area contributed by atoms with Crippen LogP contribution in [0.25, 0.3) is 0 Å². The summed E-state index contributed by atoms with van der Waals surface area (Å²) in [4.78, 5) is 26.6. The Labute approximate surface area is 156 Å². The van der Waals surface area contributed by atoms with E-state index in [2.05, 4.69) is 29.4 Å². The molecule has 1 aliphatic rings. The van der Waals surface area contributed by atoms with Crippen molar-refractivity contribution in [2.24, 2.45) is 5.92 Å². The Morgan fingerprint density at radius 2 is 1.92 bits per heavy atom. The maximum absolute atomic E-state index is 12.4. The van der Waals surface area contributed by atoms with Crippen LogP contribution >= 0.6 is 0 Å². The van der Waals surface area contributed by atoms with E-state index in [1.807, 2.05) is 24.3 Å². The first-order chi connectivity index (χ1) is 12.5. The third-order valence-electron chi connectivity index (χ3n) is 4.53. The molecule has 0 bridgehead atoms. The molecule has 1 aromatic rings. The van der Waals surface area contributed by atoms with Crippen molar-refractivity contribution >= 4 is 17.5 Å². The fourth-order valence-corrected chi connectivity index (χ4v) is 3.23. The largest absolute Gasteiger partial charge is 0.383 e. The fourth-order valence-electron chi connectivity index (χ4n) is 3.23. The summed E-state index contributed by atoms with van der Waals surface area (Å²) in [5, 5.41) is 6.02. The number of methoxy groups -OCH3 is 1. The molecule has 1 heterocycles. The van der Waals surface area contributed by atoms with Crippen LogP contribution in [-0.2, 0) is 9.53 Å². The Kier molecular flexibility index (Phi) is 7.91. The highest BCUT2D eigenvalue weighted by Gasteiger charge is 2.23. The van der Waals surface area contributed by atoms with Gasteiger partial charge in [0.1, 0.15) is 0 Å². The maximum atomic E-state index is 12.4. The van der Waals surface area contributed by atoms with Crippen LogP contribution in [0.15, 0.2) is 24.3 Å². The third kappa shape index (κ3) is 6.02. The van der Waals surface area contributed by atoms with Gasteiger partial charge in [0.15, 0.2) is 0 Å². The zero-order chi connectivity index (χ0) is 18.9. The fraction of sp³-hybridized carbons (Fsp3) is 0.600. The number of nitrogens with one attached hydrogen (secondary N) is 2. The Hall–Kier alpha value is -2.08. The molecule has 0 saturated carbocycles. The van der Waals surface area contributed by atoms with Crippen molar-refractivity contribution in [1.29, 1.82) is 0 Å².